The minimum atomic E-state index is -0.356. The molecule has 11 heteroatoms. The van der Waals surface area contributed by atoms with Crippen LogP contribution in [0.25, 0.3) is 11.3 Å². The lowest BCUT2D eigenvalue weighted by Gasteiger charge is -2.63. The summed E-state index contributed by atoms with van der Waals surface area (Å²) < 4.78 is 8.13. The van der Waals surface area contributed by atoms with Crippen LogP contribution in [0.2, 0.25) is 5.02 Å². The van der Waals surface area contributed by atoms with Crippen LogP contribution in [-0.2, 0) is 22.6 Å². The third-order valence-corrected chi connectivity index (χ3v) is 8.59. The summed E-state index contributed by atoms with van der Waals surface area (Å²) in [6.07, 6.45) is 5.84. The van der Waals surface area contributed by atoms with Crippen molar-refractivity contribution < 1.29 is 19.5 Å². The van der Waals surface area contributed by atoms with Crippen LogP contribution >= 0.6 is 11.6 Å². The first kappa shape index (κ1) is 32.0. The van der Waals surface area contributed by atoms with Crippen LogP contribution in [0.15, 0.2) is 48.7 Å². The zero-order valence-electron chi connectivity index (χ0n) is 25.1. The van der Waals surface area contributed by atoms with Gasteiger partial charge in [0.1, 0.15) is 23.6 Å². The lowest BCUT2D eigenvalue weighted by Crippen LogP contribution is -2.74. The van der Waals surface area contributed by atoms with Gasteiger partial charge in [0.15, 0.2) is 0 Å². The van der Waals surface area contributed by atoms with Crippen LogP contribution < -0.4 is 15.5 Å². The van der Waals surface area contributed by atoms with Crippen molar-refractivity contribution >= 4 is 23.4 Å². The number of amides is 2. The Bertz CT molecular complexity index is 1460. The fourth-order valence-electron chi connectivity index (χ4n) is 6.30. The Hall–Kier alpha value is -3.94. The molecule has 2 amide bonds. The molecule has 0 unspecified atom stereocenters. The van der Waals surface area contributed by atoms with Crippen molar-refractivity contribution in [3.05, 3.63) is 64.8 Å². The first-order valence-electron chi connectivity index (χ1n) is 14.5. The number of hydroxylamine groups is 1. The molecule has 0 bridgehead atoms. The lowest BCUT2D eigenvalue weighted by atomic mass is 9.49. The molecule has 1 aliphatic rings. The number of hydrogen-bond acceptors (Lipinski definition) is 7. The maximum atomic E-state index is 13.1. The Kier molecular flexibility index (Phi) is 10.1. The number of nitrogens with one attached hydrogen (secondary N) is 2. The number of aryl methyl sites for hydroxylation is 1. The highest BCUT2D eigenvalue weighted by Crippen LogP contribution is 2.55. The molecule has 0 atom stereocenters. The van der Waals surface area contributed by atoms with Gasteiger partial charge < -0.3 is 10.1 Å². The van der Waals surface area contributed by atoms with Crippen LogP contribution in [0.5, 0.6) is 5.75 Å². The SMILES string of the molecule is CC1(C)C(NC(=O)Cc2ccc(-c3cn(CCCCCCC(=O)NO)nn3)cc2)C(C)(C)C1Oc1ccc(C#N)c(Cl)c1. The minimum Gasteiger partial charge on any atom is -0.489 e. The fourth-order valence-corrected chi connectivity index (χ4v) is 6.51. The second-order valence-electron chi connectivity index (χ2n) is 12.3. The van der Waals surface area contributed by atoms with Crippen molar-refractivity contribution in [2.45, 2.75) is 84.9 Å². The normalized spacial score (nSPS) is 18.3. The third kappa shape index (κ3) is 7.53. The minimum absolute atomic E-state index is 0.0540. The number of rotatable bonds is 13. The summed E-state index contributed by atoms with van der Waals surface area (Å²) in [7, 11) is 0. The Morgan fingerprint density at radius 3 is 2.40 bits per heavy atom. The van der Waals surface area contributed by atoms with Crippen LogP contribution in [0, 0.1) is 22.2 Å². The van der Waals surface area contributed by atoms with Gasteiger partial charge in [0.05, 0.1) is 23.2 Å². The fraction of sp³-hybridized carbons (Fsp3) is 0.469. The predicted octanol–water partition coefficient (Wildman–Crippen LogP) is 5.47. The van der Waals surface area contributed by atoms with Gasteiger partial charge in [-0.05, 0) is 30.5 Å². The second-order valence-corrected chi connectivity index (χ2v) is 12.7. The van der Waals surface area contributed by atoms with Crippen molar-refractivity contribution in [3.63, 3.8) is 0 Å². The van der Waals surface area contributed by atoms with Gasteiger partial charge >= 0.3 is 0 Å². The number of ether oxygens (including phenoxy) is 1. The first-order valence-corrected chi connectivity index (χ1v) is 14.9. The van der Waals surface area contributed by atoms with E-state index in [1.807, 2.05) is 35.1 Å². The maximum Gasteiger partial charge on any atom is 0.243 e. The summed E-state index contributed by atoms with van der Waals surface area (Å²) in [5.41, 5.74) is 3.99. The number of nitrogens with zero attached hydrogens (tertiary/aromatic N) is 4. The van der Waals surface area contributed by atoms with Crippen molar-refractivity contribution in [3.8, 4) is 23.1 Å². The van der Waals surface area contributed by atoms with Gasteiger partial charge in [-0.3, -0.25) is 19.5 Å². The molecular formula is C32H39ClN6O4. The summed E-state index contributed by atoms with van der Waals surface area (Å²) >= 11 is 6.20. The molecule has 228 valence electrons. The Morgan fingerprint density at radius 2 is 1.74 bits per heavy atom. The topological polar surface area (TPSA) is 142 Å². The van der Waals surface area contributed by atoms with E-state index < -0.39 is 0 Å². The summed E-state index contributed by atoms with van der Waals surface area (Å²) in [6.45, 7) is 9.07. The molecule has 1 fully saturated rings. The Labute approximate surface area is 257 Å². The van der Waals surface area contributed by atoms with Gasteiger partial charge in [-0.2, -0.15) is 5.26 Å². The molecule has 1 aromatic heterocycles. The van der Waals surface area contributed by atoms with Crippen LogP contribution in [0.4, 0.5) is 0 Å². The van der Waals surface area contributed by atoms with Gasteiger partial charge in [-0.15, -0.1) is 5.10 Å². The van der Waals surface area contributed by atoms with Crippen LogP contribution in [0.3, 0.4) is 0 Å². The number of benzene rings is 2. The molecular weight excluding hydrogens is 568 g/mol. The molecule has 0 radical (unpaired) electrons. The molecule has 0 saturated heterocycles. The monoisotopic (exact) mass is 606 g/mol. The molecule has 0 aliphatic heterocycles. The summed E-state index contributed by atoms with van der Waals surface area (Å²) in [4.78, 5) is 24.1. The average molecular weight is 607 g/mol. The summed E-state index contributed by atoms with van der Waals surface area (Å²) in [5, 5.41) is 29.8. The number of hydrogen-bond donors (Lipinski definition) is 3. The highest BCUT2D eigenvalue weighted by molar-refractivity contribution is 6.31. The molecule has 2 aromatic carbocycles. The standard InChI is InChI=1S/C32H39ClN6O4/c1-31(2)29(32(3,4)30(31)43-24-15-14-23(19-34)25(33)18-24)35-28(41)17-21-10-12-22(13-11-21)26-20-39(38-36-26)16-8-6-5-7-9-27(40)37-42/h10-15,18,20,29-30,42H,5-9,16-17H2,1-4H3,(H,35,41)(H,37,40). The highest BCUT2D eigenvalue weighted by atomic mass is 35.5. The molecule has 4 rings (SSSR count). The molecule has 1 heterocycles. The maximum absolute atomic E-state index is 13.1. The quantitative estimate of drug-likeness (QED) is 0.133. The molecule has 10 nitrogen and oxygen atoms in total. The van der Waals surface area contributed by atoms with Gasteiger partial charge in [0.25, 0.3) is 0 Å². The molecule has 0 spiro atoms. The van der Waals surface area contributed by atoms with Gasteiger partial charge in [0.2, 0.25) is 11.8 Å². The summed E-state index contributed by atoms with van der Waals surface area (Å²) in [6, 6.07) is 14.8. The van der Waals surface area contributed by atoms with E-state index >= 15 is 0 Å². The van der Waals surface area contributed by atoms with Gasteiger partial charge in [0, 0.05) is 41.5 Å². The molecule has 43 heavy (non-hydrogen) atoms. The van der Waals surface area contributed by atoms with E-state index in [1.165, 1.54) is 0 Å². The zero-order valence-corrected chi connectivity index (χ0v) is 25.8. The van der Waals surface area contributed by atoms with E-state index in [1.54, 1.807) is 23.7 Å². The number of aromatic nitrogens is 3. The highest BCUT2D eigenvalue weighted by Gasteiger charge is 2.64. The molecule has 1 saturated carbocycles. The zero-order chi connectivity index (χ0) is 31.2. The van der Waals surface area contributed by atoms with Crippen molar-refractivity contribution in [2.24, 2.45) is 10.8 Å². The number of nitriles is 1. The van der Waals surface area contributed by atoms with Crippen LogP contribution in [0.1, 0.15) is 70.9 Å². The number of halogens is 1. The van der Waals surface area contributed by atoms with Crippen molar-refractivity contribution in [1.29, 1.82) is 5.26 Å². The Balaban J connectivity index is 1.26. The van der Waals surface area contributed by atoms with Gasteiger partial charge in [-0.1, -0.05) is 81.6 Å². The Morgan fingerprint density at radius 1 is 1.05 bits per heavy atom. The van der Waals surface area contributed by atoms with E-state index in [0.29, 0.717) is 22.8 Å². The number of carbonyl (C=O) groups excluding carboxylic acids is 2. The van der Waals surface area contributed by atoms with Crippen molar-refractivity contribution in [1.82, 2.24) is 25.8 Å². The first-order chi connectivity index (χ1) is 20.4. The smallest absolute Gasteiger partial charge is 0.243 e. The molecule has 1 aliphatic carbocycles. The van der Waals surface area contributed by atoms with E-state index in [0.717, 1.165) is 49.0 Å². The summed E-state index contributed by atoms with van der Waals surface area (Å²) in [5.74, 6) is 0.189. The third-order valence-electron chi connectivity index (χ3n) is 8.28. The van der Waals surface area contributed by atoms with E-state index in [2.05, 4.69) is 49.4 Å². The van der Waals surface area contributed by atoms with E-state index in [-0.39, 0.29) is 41.2 Å². The number of unbranched alkanes of at least 4 members (excludes halogenated alkanes) is 3. The van der Waals surface area contributed by atoms with Crippen LogP contribution in [-0.4, -0.2) is 44.2 Å². The second kappa shape index (κ2) is 13.6. The molecule has 3 aromatic rings. The van der Waals surface area contributed by atoms with E-state index in [9.17, 15) is 9.59 Å². The van der Waals surface area contributed by atoms with Crippen molar-refractivity contribution in [2.75, 3.05) is 0 Å². The number of carbonyl (C=O) groups is 2. The molecule has 3 N–H and O–H groups in total. The lowest BCUT2D eigenvalue weighted by molar-refractivity contribution is -0.173. The predicted molar refractivity (Wildman–Crippen MR) is 162 cm³/mol. The van der Waals surface area contributed by atoms with E-state index in [4.69, 9.17) is 26.8 Å². The average Bonchev–Trinajstić information content (AvgIpc) is 3.45. The largest absolute Gasteiger partial charge is 0.489 e. The van der Waals surface area contributed by atoms with Gasteiger partial charge in [-0.25, -0.2) is 5.48 Å².